The molecule has 7 saturated carbocycles. The summed E-state index contributed by atoms with van der Waals surface area (Å²) in [4.78, 5) is 12.7. The van der Waals surface area contributed by atoms with Crippen LogP contribution in [0.15, 0.2) is 0 Å². The fraction of sp³-hybridized carbons (Fsp3) is 0.967. The fourth-order valence-corrected chi connectivity index (χ4v) is 13.2. The van der Waals surface area contributed by atoms with Gasteiger partial charge in [0.1, 0.15) is 5.78 Å². The minimum Gasteiger partial charge on any atom is -0.299 e. The van der Waals surface area contributed by atoms with Gasteiger partial charge in [0.05, 0.1) is 0 Å². The molecule has 0 amide bonds. The van der Waals surface area contributed by atoms with E-state index in [9.17, 15) is 4.79 Å². The van der Waals surface area contributed by atoms with Crippen molar-refractivity contribution in [3.8, 4) is 0 Å². The zero-order chi connectivity index (χ0) is 21.9. The maximum absolute atomic E-state index is 12.7. The average Bonchev–Trinajstić information content (AvgIpc) is 3.57. The summed E-state index contributed by atoms with van der Waals surface area (Å²) in [6.45, 7) is 15.4. The molecular weight excluding hydrogens is 376 g/mol. The van der Waals surface area contributed by atoms with Crippen LogP contribution in [0.2, 0.25) is 0 Å². The quantitative estimate of drug-likeness (QED) is 0.387. The molecule has 7 rings (SSSR count). The van der Waals surface area contributed by atoms with Gasteiger partial charge < -0.3 is 0 Å². The molecule has 4 spiro atoms. The van der Waals surface area contributed by atoms with Crippen molar-refractivity contribution in [1.29, 1.82) is 0 Å². The lowest BCUT2D eigenvalue weighted by Gasteiger charge is -2.67. The van der Waals surface area contributed by atoms with E-state index >= 15 is 0 Å². The molecule has 1 unspecified atom stereocenters. The highest BCUT2D eigenvalue weighted by atomic mass is 16.1. The van der Waals surface area contributed by atoms with E-state index in [1.54, 1.807) is 19.3 Å². The molecule has 0 bridgehead atoms. The van der Waals surface area contributed by atoms with Crippen LogP contribution in [-0.2, 0) is 4.79 Å². The molecule has 0 aromatic heterocycles. The van der Waals surface area contributed by atoms with Gasteiger partial charge in [0.25, 0.3) is 0 Å². The van der Waals surface area contributed by atoms with Gasteiger partial charge in [0, 0.05) is 12.3 Å². The van der Waals surface area contributed by atoms with E-state index in [2.05, 4.69) is 41.5 Å². The molecule has 0 heterocycles. The second-order valence-corrected chi connectivity index (χ2v) is 15.8. The highest BCUT2D eigenvalue weighted by molar-refractivity contribution is 5.82. The van der Waals surface area contributed by atoms with Gasteiger partial charge in [-0.15, -0.1) is 0 Å². The summed E-state index contributed by atoms with van der Waals surface area (Å²) < 4.78 is 0. The maximum Gasteiger partial charge on any atom is 0.136 e. The van der Waals surface area contributed by atoms with Crippen LogP contribution in [0.1, 0.15) is 125 Å². The van der Waals surface area contributed by atoms with Gasteiger partial charge in [0.2, 0.25) is 0 Å². The SMILES string of the molecule is C[C@H]1C(=O)CC[C@H]2[C@]1(C)CC[C@@]13CC14CC[C@@]1(C)CCC(C)(C)C[C@]15C[C@@]45CC[C@@]23C. The third-order valence-corrected chi connectivity index (χ3v) is 15.1. The number of ketones is 1. The Morgan fingerprint density at radius 3 is 2.06 bits per heavy atom. The van der Waals surface area contributed by atoms with Gasteiger partial charge in [-0.2, -0.15) is 0 Å². The lowest BCUT2D eigenvalue weighted by atomic mass is 9.37. The highest BCUT2D eigenvalue weighted by Crippen LogP contribution is 3.02. The van der Waals surface area contributed by atoms with Crippen molar-refractivity contribution in [3.05, 3.63) is 0 Å². The minimum atomic E-state index is 0.265. The maximum atomic E-state index is 12.7. The average molecular weight is 423 g/mol. The van der Waals surface area contributed by atoms with Crippen LogP contribution in [0.4, 0.5) is 0 Å². The lowest BCUT2D eigenvalue weighted by molar-refractivity contribution is -0.188. The Morgan fingerprint density at radius 2 is 1.29 bits per heavy atom. The third-order valence-electron chi connectivity index (χ3n) is 15.1. The van der Waals surface area contributed by atoms with E-state index in [0.717, 1.165) is 12.3 Å². The monoisotopic (exact) mass is 422 g/mol. The van der Waals surface area contributed by atoms with Crippen LogP contribution in [0.3, 0.4) is 0 Å². The number of hydrogen-bond donors (Lipinski definition) is 0. The predicted octanol–water partition coefficient (Wildman–Crippen LogP) is 7.97. The second-order valence-electron chi connectivity index (χ2n) is 15.8. The van der Waals surface area contributed by atoms with E-state index in [4.69, 9.17) is 0 Å². The van der Waals surface area contributed by atoms with Crippen molar-refractivity contribution in [2.75, 3.05) is 0 Å². The molecule has 7 aliphatic carbocycles. The molecule has 7 aliphatic rings. The number of fused-ring (bicyclic) bond motifs is 2. The largest absolute Gasteiger partial charge is 0.299 e. The van der Waals surface area contributed by atoms with Crippen LogP contribution in [0.25, 0.3) is 0 Å². The summed E-state index contributed by atoms with van der Waals surface area (Å²) in [6.07, 6.45) is 18.4. The Bertz CT molecular complexity index is 902. The van der Waals surface area contributed by atoms with Crippen LogP contribution in [0.5, 0.6) is 0 Å². The molecule has 0 radical (unpaired) electrons. The summed E-state index contributed by atoms with van der Waals surface area (Å²) in [5, 5.41) is 0. The summed E-state index contributed by atoms with van der Waals surface area (Å²) in [7, 11) is 0. The Hall–Kier alpha value is -0.330. The standard InChI is InChI=1S/C30H46O/c1-20-21(31)7-8-22-25(20,5)12-15-27-18-28(27)14-11-24(4)10-9-23(2,3)17-30(24)19-29(28,30)16-13-26(22,27)6/h20,22H,7-19H2,1-6H3/t20-,22-,24+,25+,26-,27-,28?,29-,30-/m0/s1. The Kier molecular flexibility index (Phi) is 3.25. The van der Waals surface area contributed by atoms with Crippen molar-refractivity contribution in [3.63, 3.8) is 0 Å². The molecule has 0 aromatic carbocycles. The fourth-order valence-electron chi connectivity index (χ4n) is 13.2. The number of hydrogen-bond acceptors (Lipinski definition) is 1. The first kappa shape index (κ1) is 20.1. The van der Waals surface area contributed by atoms with Gasteiger partial charge in [-0.1, -0.05) is 41.5 Å². The van der Waals surface area contributed by atoms with Gasteiger partial charge >= 0.3 is 0 Å². The van der Waals surface area contributed by atoms with Crippen molar-refractivity contribution in [1.82, 2.24) is 0 Å². The Labute approximate surface area is 190 Å². The molecule has 1 nitrogen and oxygen atoms in total. The first-order valence-corrected chi connectivity index (χ1v) is 13.9. The summed E-state index contributed by atoms with van der Waals surface area (Å²) in [5.41, 5.74) is 4.58. The number of carbonyl (C=O) groups excluding carboxylic acids is 1. The molecule has 9 atom stereocenters. The van der Waals surface area contributed by atoms with Crippen LogP contribution in [0, 0.1) is 55.2 Å². The van der Waals surface area contributed by atoms with Crippen LogP contribution >= 0.6 is 0 Å². The van der Waals surface area contributed by atoms with Crippen molar-refractivity contribution >= 4 is 5.78 Å². The van der Waals surface area contributed by atoms with Crippen molar-refractivity contribution in [2.45, 2.75) is 125 Å². The summed E-state index contributed by atoms with van der Waals surface area (Å²) in [5.74, 6) is 1.63. The smallest absolute Gasteiger partial charge is 0.136 e. The minimum absolute atomic E-state index is 0.265. The van der Waals surface area contributed by atoms with Crippen LogP contribution < -0.4 is 0 Å². The molecule has 1 heteroatoms. The summed E-state index contributed by atoms with van der Waals surface area (Å²) in [6, 6.07) is 0. The molecule has 0 aromatic rings. The van der Waals surface area contributed by atoms with Crippen molar-refractivity contribution < 1.29 is 4.79 Å². The first-order chi connectivity index (χ1) is 14.4. The topological polar surface area (TPSA) is 17.1 Å². The van der Waals surface area contributed by atoms with E-state index in [0.29, 0.717) is 43.7 Å². The molecule has 0 N–H and O–H groups in total. The Balaban J connectivity index is 1.32. The van der Waals surface area contributed by atoms with E-state index in [-0.39, 0.29) is 11.3 Å². The molecule has 0 saturated heterocycles. The predicted molar refractivity (Wildman–Crippen MR) is 126 cm³/mol. The molecular formula is C30H46O. The van der Waals surface area contributed by atoms with Gasteiger partial charge in [-0.05, 0) is 126 Å². The number of rotatable bonds is 0. The third kappa shape index (κ3) is 1.76. The van der Waals surface area contributed by atoms with E-state index in [1.165, 1.54) is 57.8 Å². The highest BCUT2D eigenvalue weighted by Gasteiger charge is 2.95. The molecule has 0 aliphatic heterocycles. The normalized spacial score (nSPS) is 65.3. The van der Waals surface area contributed by atoms with E-state index in [1.807, 2.05) is 0 Å². The molecule has 172 valence electrons. The van der Waals surface area contributed by atoms with Crippen molar-refractivity contribution in [2.24, 2.45) is 55.2 Å². The van der Waals surface area contributed by atoms with Gasteiger partial charge in [0.15, 0.2) is 0 Å². The van der Waals surface area contributed by atoms with Gasteiger partial charge in [-0.25, -0.2) is 0 Å². The lowest BCUT2D eigenvalue weighted by Crippen LogP contribution is -2.61. The zero-order valence-electron chi connectivity index (χ0n) is 21.3. The number of carbonyl (C=O) groups is 1. The number of Topliss-reactive ketones (excluding diaryl/α,β-unsaturated/α-hetero) is 1. The molecule has 7 fully saturated rings. The Morgan fingerprint density at radius 1 is 0.677 bits per heavy atom. The van der Waals surface area contributed by atoms with Gasteiger partial charge in [-0.3, -0.25) is 4.79 Å². The first-order valence-electron chi connectivity index (χ1n) is 13.9. The second kappa shape index (κ2) is 5.02. The van der Waals surface area contributed by atoms with Crippen LogP contribution in [-0.4, -0.2) is 5.78 Å². The van der Waals surface area contributed by atoms with E-state index < -0.39 is 0 Å². The molecule has 31 heavy (non-hydrogen) atoms. The zero-order valence-corrected chi connectivity index (χ0v) is 21.3. The summed E-state index contributed by atoms with van der Waals surface area (Å²) >= 11 is 0.